The van der Waals surface area contributed by atoms with E-state index >= 15 is 0 Å². The van der Waals surface area contributed by atoms with Gasteiger partial charge in [0.05, 0.1) is 7.11 Å². The number of nitrogens with two attached hydrogens (primary N) is 1. The van der Waals surface area contributed by atoms with Crippen LogP contribution >= 0.6 is 0 Å². The van der Waals surface area contributed by atoms with E-state index in [0.717, 1.165) is 29.0 Å². The number of hydrogen-bond acceptors (Lipinski definition) is 4. The van der Waals surface area contributed by atoms with Crippen LogP contribution in [0.4, 0.5) is 0 Å². The number of methoxy groups -OCH3 is 1. The molecule has 4 nitrogen and oxygen atoms in total. The summed E-state index contributed by atoms with van der Waals surface area (Å²) in [4.78, 5) is 3.98. The molecule has 2 rings (SSSR count). The third-order valence-corrected chi connectivity index (χ3v) is 2.83. The minimum atomic E-state index is 0.520. The smallest absolute Gasteiger partial charge is 0.123 e. The zero-order valence-electron chi connectivity index (χ0n) is 11.0. The molecule has 0 aliphatic carbocycles. The van der Waals surface area contributed by atoms with E-state index < -0.39 is 0 Å². The Hall–Kier alpha value is -2.07. The average Bonchev–Trinajstić information content (AvgIpc) is 2.47. The molecule has 1 heterocycles. The van der Waals surface area contributed by atoms with Gasteiger partial charge < -0.3 is 15.2 Å². The third kappa shape index (κ3) is 3.69. The van der Waals surface area contributed by atoms with Crippen molar-refractivity contribution >= 4 is 0 Å². The first-order chi connectivity index (χ1) is 9.33. The van der Waals surface area contributed by atoms with E-state index in [-0.39, 0.29) is 0 Å². The number of aromatic nitrogens is 1. The molecule has 1 aromatic carbocycles. The fourth-order valence-corrected chi connectivity index (χ4v) is 1.81. The lowest BCUT2D eigenvalue weighted by molar-refractivity contribution is 0.302. The highest BCUT2D eigenvalue weighted by Crippen LogP contribution is 2.25. The second kappa shape index (κ2) is 6.75. The lowest BCUT2D eigenvalue weighted by atomic mass is 10.1. The predicted octanol–water partition coefficient (Wildman–Crippen LogP) is 2.17. The Morgan fingerprint density at radius 2 is 1.95 bits per heavy atom. The van der Waals surface area contributed by atoms with E-state index in [1.165, 1.54) is 0 Å². The minimum Gasteiger partial charge on any atom is -0.497 e. The summed E-state index contributed by atoms with van der Waals surface area (Å²) >= 11 is 0. The summed E-state index contributed by atoms with van der Waals surface area (Å²) < 4.78 is 11.1. The van der Waals surface area contributed by atoms with E-state index in [1.54, 1.807) is 19.5 Å². The molecular formula is C15H18N2O2. The molecule has 4 heteroatoms. The molecule has 2 N–H and O–H groups in total. The van der Waals surface area contributed by atoms with Crippen molar-refractivity contribution in [2.24, 2.45) is 5.73 Å². The van der Waals surface area contributed by atoms with Crippen molar-refractivity contribution in [3.8, 4) is 11.5 Å². The molecule has 100 valence electrons. The second-order valence-corrected chi connectivity index (χ2v) is 4.16. The lowest BCUT2D eigenvalue weighted by Crippen LogP contribution is -2.06. The standard InChI is InChI=1S/C15H18N2O2/c1-18-14-2-3-15(13(10-14)4-7-16)19-11-12-5-8-17-9-6-12/h2-3,5-6,8-10H,4,7,11,16H2,1H3. The monoisotopic (exact) mass is 258 g/mol. The number of nitrogens with zero attached hydrogens (tertiary/aromatic N) is 1. The molecule has 0 atom stereocenters. The zero-order chi connectivity index (χ0) is 13.5. The number of ether oxygens (including phenoxy) is 2. The van der Waals surface area contributed by atoms with Crippen molar-refractivity contribution < 1.29 is 9.47 Å². The molecule has 0 aliphatic heterocycles. The van der Waals surface area contributed by atoms with E-state index in [0.29, 0.717) is 13.2 Å². The van der Waals surface area contributed by atoms with Crippen LogP contribution in [0.1, 0.15) is 11.1 Å². The second-order valence-electron chi connectivity index (χ2n) is 4.16. The first-order valence-electron chi connectivity index (χ1n) is 6.22. The first kappa shape index (κ1) is 13.4. The highest BCUT2D eigenvalue weighted by Gasteiger charge is 2.05. The summed E-state index contributed by atoms with van der Waals surface area (Å²) in [6.07, 6.45) is 4.28. The molecule has 19 heavy (non-hydrogen) atoms. The van der Waals surface area contributed by atoms with Gasteiger partial charge in [-0.05, 0) is 54.4 Å². The molecule has 1 aromatic heterocycles. The Balaban J connectivity index is 2.10. The average molecular weight is 258 g/mol. The summed E-state index contributed by atoms with van der Waals surface area (Å²) in [5.41, 5.74) is 7.78. The van der Waals surface area contributed by atoms with E-state index in [9.17, 15) is 0 Å². The molecule has 0 bridgehead atoms. The summed E-state index contributed by atoms with van der Waals surface area (Å²) in [6, 6.07) is 9.65. The Morgan fingerprint density at radius 3 is 2.63 bits per heavy atom. The van der Waals surface area contributed by atoms with Crippen LogP contribution in [0.2, 0.25) is 0 Å². The quantitative estimate of drug-likeness (QED) is 0.862. The molecule has 0 fully saturated rings. The van der Waals surface area contributed by atoms with Crippen LogP contribution in [0, 0.1) is 0 Å². The highest BCUT2D eigenvalue weighted by molar-refractivity contribution is 5.40. The predicted molar refractivity (Wildman–Crippen MR) is 74.3 cm³/mol. The Kier molecular flexibility index (Phi) is 4.75. The fourth-order valence-electron chi connectivity index (χ4n) is 1.81. The van der Waals surface area contributed by atoms with Gasteiger partial charge in [-0.2, -0.15) is 0 Å². The van der Waals surface area contributed by atoms with Gasteiger partial charge in [-0.3, -0.25) is 4.98 Å². The summed E-state index contributed by atoms with van der Waals surface area (Å²) in [7, 11) is 1.65. The van der Waals surface area contributed by atoms with Gasteiger partial charge in [0.1, 0.15) is 18.1 Å². The SMILES string of the molecule is COc1ccc(OCc2ccncc2)c(CCN)c1. The van der Waals surface area contributed by atoms with Crippen molar-refractivity contribution in [1.29, 1.82) is 0 Å². The molecule has 0 saturated heterocycles. The lowest BCUT2D eigenvalue weighted by Gasteiger charge is -2.12. The summed E-state index contributed by atoms with van der Waals surface area (Å²) in [5.74, 6) is 1.67. The van der Waals surface area contributed by atoms with Gasteiger partial charge in [-0.1, -0.05) is 0 Å². The van der Waals surface area contributed by atoms with E-state index in [2.05, 4.69) is 4.98 Å². The van der Waals surface area contributed by atoms with Crippen molar-refractivity contribution in [3.63, 3.8) is 0 Å². The van der Waals surface area contributed by atoms with Crippen LogP contribution in [0.15, 0.2) is 42.7 Å². The van der Waals surface area contributed by atoms with Crippen LogP contribution in [0.5, 0.6) is 11.5 Å². The maximum Gasteiger partial charge on any atom is 0.123 e. The third-order valence-electron chi connectivity index (χ3n) is 2.83. The van der Waals surface area contributed by atoms with Crippen LogP contribution in [-0.2, 0) is 13.0 Å². The Bertz CT molecular complexity index is 515. The maximum absolute atomic E-state index is 5.84. The van der Waals surface area contributed by atoms with Gasteiger partial charge in [0.15, 0.2) is 0 Å². The molecule has 2 aromatic rings. The van der Waals surface area contributed by atoms with Gasteiger partial charge >= 0.3 is 0 Å². The molecule has 0 unspecified atom stereocenters. The Labute approximate surface area is 113 Å². The molecule has 0 aliphatic rings. The first-order valence-corrected chi connectivity index (χ1v) is 6.22. The summed E-state index contributed by atoms with van der Waals surface area (Å²) in [5, 5.41) is 0. The number of rotatable bonds is 6. The minimum absolute atomic E-state index is 0.520. The topological polar surface area (TPSA) is 57.4 Å². The zero-order valence-corrected chi connectivity index (χ0v) is 11.0. The Morgan fingerprint density at radius 1 is 1.16 bits per heavy atom. The van der Waals surface area contributed by atoms with Gasteiger partial charge in [-0.15, -0.1) is 0 Å². The summed E-state index contributed by atoms with van der Waals surface area (Å²) in [6.45, 7) is 1.10. The van der Waals surface area contributed by atoms with Crippen molar-refractivity contribution in [3.05, 3.63) is 53.9 Å². The highest BCUT2D eigenvalue weighted by atomic mass is 16.5. The number of pyridine rings is 1. The molecule has 0 saturated carbocycles. The molecule has 0 amide bonds. The van der Waals surface area contributed by atoms with Crippen LogP contribution in [0.25, 0.3) is 0 Å². The molecule has 0 spiro atoms. The van der Waals surface area contributed by atoms with Crippen LogP contribution in [0.3, 0.4) is 0 Å². The van der Waals surface area contributed by atoms with Gasteiger partial charge in [-0.25, -0.2) is 0 Å². The van der Waals surface area contributed by atoms with Crippen molar-refractivity contribution in [1.82, 2.24) is 4.98 Å². The van der Waals surface area contributed by atoms with Gasteiger partial charge in [0, 0.05) is 12.4 Å². The van der Waals surface area contributed by atoms with Gasteiger partial charge in [0.25, 0.3) is 0 Å². The van der Waals surface area contributed by atoms with Crippen LogP contribution < -0.4 is 15.2 Å². The fraction of sp³-hybridized carbons (Fsp3) is 0.267. The van der Waals surface area contributed by atoms with Crippen LogP contribution in [-0.4, -0.2) is 18.6 Å². The largest absolute Gasteiger partial charge is 0.497 e. The maximum atomic E-state index is 5.84. The van der Waals surface area contributed by atoms with Gasteiger partial charge in [0.2, 0.25) is 0 Å². The normalized spacial score (nSPS) is 10.2. The van der Waals surface area contributed by atoms with E-state index in [4.69, 9.17) is 15.2 Å². The van der Waals surface area contributed by atoms with E-state index in [1.807, 2.05) is 30.3 Å². The number of benzene rings is 1. The van der Waals surface area contributed by atoms with Crippen molar-refractivity contribution in [2.45, 2.75) is 13.0 Å². The molecule has 0 radical (unpaired) electrons. The number of hydrogen-bond donors (Lipinski definition) is 1. The van der Waals surface area contributed by atoms with Crippen molar-refractivity contribution in [2.75, 3.05) is 13.7 Å². The molecular weight excluding hydrogens is 240 g/mol.